The van der Waals surface area contributed by atoms with Crippen LogP contribution in [0.15, 0.2) is 18.2 Å². The largest absolute Gasteiger partial charge is 0.481 e. The Morgan fingerprint density at radius 3 is 2.40 bits per heavy atom. The molecule has 3 rings (SSSR count). The molecule has 2 saturated heterocycles. The van der Waals surface area contributed by atoms with Crippen molar-refractivity contribution < 1.29 is 19.5 Å². The molecule has 0 spiro atoms. The molecule has 1 N–H and O–H groups in total. The molecule has 0 bridgehead atoms. The van der Waals surface area contributed by atoms with Crippen LogP contribution in [0.1, 0.15) is 13.3 Å². The Morgan fingerprint density at radius 1 is 1.20 bits per heavy atom. The normalized spacial score (nSPS) is 21.0. The van der Waals surface area contributed by atoms with E-state index in [2.05, 4.69) is 4.90 Å². The zero-order chi connectivity index (χ0) is 18.1. The molecule has 2 fully saturated rings. The number of amides is 2. The van der Waals surface area contributed by atoms with Gasteiger partial charge in [0.2, 0.25) is 11.8 Å². The highest BCUT2D eigenvalue weighted by Gasteiger charge is 2.35. The van der Waals surface area contributed by atoms with Gasteiger partial charge in [-0.05, 0) is 18.2 Å². The summed E-state index contributed by atoms with van der Waals surface area (Å²) in [5, 5.41) is 9.60. The lowest BCUT2D eigenvalue weighted by Gasteiger charge is -2.36. The fourth-order valence-electron chi connectivity index (χ4n) is 3.30. The van der Waals surface area contributed by atoms with Gasteiger partial charge < -0.3 is 19.8 Å². The van der Waals surface area contributed by atoms with Crippen molar-refractivity contribution in [2.75, 3.05) is 42.5 Å². The molecular weight excluding hydrogens is 346 g/mol. The molecule has 1 aromatic carbocycles. The van der Waals surface area contributed by atoms with E-state index in [1.54, 1.807) is 24.0 Å². The number of aliphatic carboxylic acids is 1. The SMILES string of the molecule is CC(=O)N1CCN(c2ccc(N3C[C@@H](C(=O)O)CC3=O)cc2Cl)CC1. The number of carboxylic acids is 1. The summed E-state index contributed by atoms with van der Waals surface area (Å²) in [6.07, 6.45) is 0.0156. The van der Waals surface area contributed by atoms with Crippen LogP contribution < -0.4 is 9.80 Å². The van der Waals surface area contributed by atoms with Crippen molar-refractivity contribution in [1.29, 1.82) is 0 Å². The first-order valence-corrected chi connectivity index (χ1v) is 8.58. The third-order valence-electron chi connectivity index (χ3n) is 4.78. The van der Waals surface area contributed by atoms with Crippen LogP contribution in [-0.4, -0.2) is 60.5 Å². The maximum absolute atomic E-state index is 12.1. The quantitative estimate of drug-likeness (QED) is 0.876. The standard InChI is InChI=1S/C17H20ClN3O4/c1-11(22)19-4-6-20(7-5-19)15-3-2-13(9-14(15)18)21-10-12(17(24)25)8-16(21)23/h2-3,9,12H,4-8,10H2,1H3,(H,24,25)/t12-/m0/s1. The second-order valence-electron chi connectivity index (χ2n) is 6.37. The molecule has 134 valence electrons. The van der Waals surface area contributed by atoms with Gasteiger partial charge in [0.15, 0.2) is 0 Å². The molecule has 25 heavy (non-hydrogen) atoms. The van der Waals surface area contributed by atoms with Crippen molar-refractivity contribution >= 4 is 40.8 Å². The van der Waals surface area contributed by atoms with Crippen molar-refractivity contribution in [2.24, 2.45) is 5.92 Å². The number of rotatable bonds is 3. The van der Waals surface area contributed by atoms with E-state index in [-0.39, 0.29) is 24.8 Å². The summed E-state index contributed by atoms with van der Waals surface area (Å²) in [7, 11) is 0. The van der Waals surface area contributed by atoms with Gasteiger partial charge in [-0.1, -0.05) is 11.6 Å². The molecule has 2 amide bonds. The number of hydrogen-bond acceptors (Lipinski definition) is 4. The zero-order valence-corrected chi connectivity index (χ0v) is 14.7. The number of carboxylic acid groups (broad SMARTS) is 1. The minimum atomic E-state index is -0.957. The van der Waals surface area contributed by atoms with Gasteiger partial charge >= 0.3 is 5.97 Å². The average molecular weight is 366 g/mol. The van der Waals surface area contributed by atoms with Crippen LogP contribution in [0.2, 0.25) is 5.02 Å². The number of carbonyl (C=O) groups is 3. The lowest BCUT2D eigenvalue weighted by Crippen LogP contribution is -2.48. The van der Waals surface area contributed by atoms with Crippen LogP contribution >= 0.6 is 11.6 Å². The molecule has 0 aliphatic carbocycles. The van der Waals surface area contributed by atoms with Crippen LogP contribution in [0, 0.1) is 5.92 Å². The van der Waals surface area contributed by atoms with E-state index in [0.29, 0.717) is 36.9 Å². The van der Waals surface area contributed by atoms with E-state index in [1.165, 1.54) is 4.90 Å². The summed E-state index contributed by atoms with van der Waals surface area (Å²) >= 11 is 6.41. The van der Waals surface area contributed by atoms with Crippen molar-refractivity contribution in [3.8, 4) is 0 Å². The van der Waals surface area contributed by atoms with Crippen molar-refractivity contribution in [3.63, 3.8) is 0 Å². The van der Waals surface area contributed by atoms with E-state index < -0.39 is 11.9 Å². The second-order valence-corrected chi connectivity index (χ2v) is 6.78. The van der Waals surface area contributed by atoms with E-state index in [0.717, 1.165) is 5.69 Å². The Balaban J connectivity index is 1.73. The number of carbonyl (C=O) groups excluding carboxylic acids is 2. The fourth-order valence-corrected chi connectivity index (χ4v) is 3.60. The minimum absolute atomic E-state index is 0.0156. The number of nitrogens with zero attached hydrogens (tertiary/aromatic N) is 3. The first-order valence-electron chi connectivity index (χ1n) is 8.20. The highest BCUT2D eigenvalue weighted by molar-refractivity contribution is 6.33. The van der Waals surface area contributed by atoms with Gasteiger partial charge in [0, 0.05) is 51.8 Å². The Hall–Kier alpha value is -2.28. The van der Waals surface area contributed by atoms with Crippen molar-refractivity contribution in [2.45, 2.75) is 13.3 Å². The number of hydrogen-bond donors (Lipinski definition) is 1. The minimum Gasteiger partial charge on any atom is -0.481 e. The van der Waals surface area contributed by atoms with Gasteiger partial charge in [-0.15, -0.1) is 0 Å². The van der Waals surface area contributed by atoms with Crippen LogP contribution in [0.4, 0.5) is 11.4 Å². The summed E-state index contributed by atoms with van der Waals surface area (Å²) < 4.78 is 0. The first kappa shape index (κ1) is 17.5. The number of piperazine rings is 1. The lowest BCUT2D eigenvalue weighted by atomic mass is 10.1. The maximum atomic E-state index is 12.1. The summed E-state index contributed by atoms with van der Waals surface area (Å²) in [4.78, 5) is 39.9. The van der Waals surface area contributed by atoms with E-state index in [4.69, 9.17) is 16.7 Å². The van der Waals surface area contributed by atoms with Crippen molar-refractivity contribution in [3.05, 3.63) is 23.2 Å². The number of benzene rings is 1. The summed E-state index contributed by atoms with van der Waals surface area (Å²) in [5.74, 6) is -1.76. The molecule has 0 saturated carbocycles. The van der Waals surface area contributed by atoms with Crippen LogP contribution in [0.3, 0.4) is 0 Å². The summed E-state index contributed by atoms with van der Waals surface area (Å²) in [6, 6.07) is 5.35. The van der Waals surface area contributed by atoms with Crippen molar-refractivity contribution in [1.82, 2.24) is 4.90 Å². The maximum Gasteiger partial charge on any atom is 0.308 e. The third-order valence-corrected chi connectivity index (χ3v) is 5.09. The first-order chi connectivity index (χ1) is 11.9. The van der Waals surface area contributed by atoms with Gasteiger partial charge in [0.25, 0.3) is 0 Å². The molecule has 2 aliphatic rings. The van der Waals surface area contributed by atoms with E-state index >= 15 is 0 Å². The van der Waals surface area contributed by atoms with Gasteiger partial charge in [-0.2, -0.15) is 0 Å². The van der Waals surface area contributed by atoms with Crippen LogP contribution in [-0.2, 0) is 14.4 Å². The summed E-state index contributed by atoms with van der Waals surface area (Å²) in [6.45, 7) is 4.43. The number of anilines is 2. The summed E-state index contributed by atoms with van der Waals surface area (Å²) in [5.41, 5.74) is 1.47. The van der Waals surface area contributed by atoms with Gasteiger partial charge in [-0.25, -0.2) is 0 Å². The Bertz CT molecular complexity index is 716. The zero-order valence-electron chi connectivity index (χ0n) is 13.9. The molecule has 7 nitrogen and oxygen atoms in total. The molecule has 8 heteroatoms. The van der Waals surface area contributed by atoms with Gasteiger partial charge in [0.05, 0.1) is 16.6 Å². The lowest BCUT2D eigenvalue weighted by molar-refractivity contribution is -0.141. The highest BCUT2D eigenvalue weighted by atomic mass is 35.5. The Kier molecular flexibility index (Phi) is 4.85. The van der Waals surface area contributed by atoms with Crippen LogP contribution in [0.5, 0.6) is 0 Å². The molecule has 0 unspecified atom stereocenters. The third kappa shape index (κ3) is 3.56. The Morgan fingerprint density at radius 2 is 1.88 bits per heavy atom. The van der Waals surface area contributed by atoms with Gasteiger partial charge in [-0.3, -0.25) is 14.4 Å². The van der Waals surface area contributed by atoms with E-state index in [9.17, 15) is 14.4 Å². The van der Waals surface area contributed by atoms with Gasteiger partial charge in [0.1, 0.15) is 0 Å². The smallest absolute Gasteiger partial charge is 0.308 e. The molecule has 2 heterocycles. The second kappa shape index (κ2) is 6.92. The monoisotopic (exact) mass is 365 g/mol. The fraction of sp³-hybridized carbons (Fsp3) is 0.471. The Labute approximate surface area is 150 Å². The molecular formula is C17H20ClN3O4. The molecule has 2 aliphatic heterocycles. The predicted molar refractivity (Wildman–Crippen MR) is 94.0 cm³/mol. The molecule has 0 aromatic heterocycles. The van der Waals surface area contributed by atoms with Crippen LogP contribution in [0.25, 0.3) is 0 Å². The average Bonchev–Trinajstić information content (AvgIpc) is 2.97. The highest BCUT2D eigenvalue weighted by Crippen LogP contribution is 2.33. The molecule has 1 aromatic rings. The van der Waals surface area contributed by atoms with E-state index in [1.807, 2.05) is 6.07 Å². The molecule has 0 radical (unpaired) electrons. The number of halogens is 1. The topological polar surface area (TPSA) is 81.2 Å². The molecule has 1 atom stereocenters. The predicted octanol–water partition coefficient (Wildman–Crippen LogP) is 1.45.